The molecule has 0 saturated carbocycles. The van der Waals surface area contributed by atoms with Gasteiger partial charge in [0.05, 0.1) is 18.3 Å². The van der Waals surface area contributed by atoms with Crippen LogP contribution in [-0.2, 0) is 11.3 Å². The molecular formula is C18H30N2O4. The largest absolute Gasteiger partial charge is 0.391 e. The molecule has 1 aromatic heterocycles. The van der Waals surface area contributed by atoms with Crippen LogP contribution in [0.15, 0.2) is 15.8 Å². The van der Waals surface area contributed by atoms with Gasteiger partial charge in [0.2, 0.25) is 0 Å². The first-order chi connectivity index (χ1) is 10.9. The Morgan fingerprint density at radius 2 is 1.88 bits per heavy atom. The highest BCUT2D eigenvalue weighted by Gasteiger charge is 2.44. The number of H-pyrrole nitrogens is 1. The summed E-state index contributed by atoms with van der Waals surface area (Å²) < 4.78 is 7.65. The maximum absolute atomic E-state index is 12.2. The minimum absolute atomic E-state index is 0.0476. The molecule has 2 heterocycles. The molecule has 3 atom stereocenters. The van der Waals surface area contributed by atoms with Gasteiger partial charge in [-0.2, -0.15) is 0 Å². The first-order valence-corrected chi connectivity index (χ1v) is 8.53. The van der Waals surface area contributed by atoms with Gasteiger partial charge in [0.1, 0.15) is 6.23 Å². The van der Waals surface area contributed by atoms with Gasteiger partial charge >= 0.3 is 5.69 Å². The monoisotopic (exact) mass is 338 g/mol. The van der Waals surface area contributed by atoms with Gasteiger partial charge in [0, 0.05) is 6.20 Å². The Kier molecular flexibility index (Phi) is 5.11. The Balaban J connectivity index is 2.37. The topological polar surface area (TPSA) is 84.3 Å². The molecule has 1 aliphatic heterocycles. The van der Waals surface area contributed by atoms with Crippen molar-refractivity contribution in [2.45, 2.75) is 73.3 Å². The number of aliphatic hydroxyl groups excluding tert-OH is 1. The van der Waals surface area contributed by atoms with Gasteiger partial charge in [-0.05, 0) is 29.6 Å². The van der Waals surface area contributed by atoms with Gasteiger partial charge in [-0.25, -0.2) is 4.79 Å². The van der Waals surface area contributed by atoms with E-state index in [4.69, 9.17) is 4.74 Å². The minimum Gasteiger partial charge on any atom is -0.391 e. The van der Waals surface area contributed by atoms with Crippen LogP contribution in [0, 0.1) is 16.7 Å². The molecule has 1 saturated heterocycles. The molecule has 1 aromatic rings. The van der Waals surface area contributed by atoms with Gasteiger partial charge < -0.3 is 9.84 Å². The molecule has 6 heteroatoms. The minimum atomic E-state index is -0.546. The summed E-state index contributed by atoms with van der Waals surface area (Å²) in [5.74, 6) is 0.304. The summed E-state index contributed by atoms with van der Waals surface area (Å²) in [7, 11) is 0. The van der Waals surface area contributed by atoms with Crippen LogP contribution in [0.3, 0.4) is 0 Å². The van der Waals surface area contributed by atoms with Crippen LogP contribution >= 0.6 is 0 Å². The fraction of sp³-hybridized carbons (Fsp3) is 0.778. The lowest BCUT2D eigenvalue weighted by molar-refractivity contribution is -0.0343. The quantitative estimate of drug-likeness (QED) is 0.886. The number of nitrogens with zero attached hydrogens (tertiary/aromatic N) is 1. The molecule has 0 unspecified atom stereocenters. The molecule has 6 nitrogen and oxygen atoms in total. The Morgan fingerprint density at radius 3 is 2.38 bits per heavy atom. The number of nitrogens with one attached hydrogen (secondary N) is 1. The van der Waals surface area contributed by atoms with Crippen molar-refractivity contribution in [1.82, 2.24) is 9.55 Å². The first kappa shape index (κ1) is 18.9. The van der Waals surface area contributed by atoms with Crippen LogP contribution in [0.25, 0.3) is 0 Å². The molecular weight excluding hydrogens is 308 g/mol. The van der Waals surface area contributed by atoms with Crippen molar-refractivity contribution in [2.24, 2.45) is 16.7 Å². The average Bonchev–Trinajstić information content (AvgIpc) is 2.80. The summed E-state index contributed by atoms with van der Waals surface area (Å²) in [6.07, 6.45) is 2.66. The summed E-state index contributed by atoms with van der Waals surface area (Å²) >= 11 is 0. The molecule has 0 radical (unpaired) electrons. The fourth-order valence-corrected chi connectivity index (χ4v) is 3.46. The van der Waals surface area contributed by atoms with Crippen molar-refractivity contribution in [3.05, 3.63) is 32.6 Å². The van der Waals surface area contributed by atoms with E-state index in [2.05, 4.69) is 46.5 Å². The second-order valence-electron chi connectivity index (χ2n) is 9.08. The molecule has 2 N–H and O–H groups in total. The summed E-state index contributed by atoms with van der Waals surface area (Å²) in [4.78, 5) is 26.1. The number of aliphatic hydroxyl groups is 1. The van der Waals surface area contributed by atoms with E-state index in [0.29, 0.717) is 12.3 Å². The smallest absolute Gasteiger partial charge is 0.330 e. The number of ether oxygens (including phenoxy) is 1. The van der Waals surface area contributed by atoms with E-state index in [1.54, 1.807) is 0 Å². The van der Waals surface area contributed by atoms with Gasteiger partial charge in [-0.3, -0.25) is 14.3 Å². The molecule has 24 heavy (non-hydrogen) atoms. The number of aromatic nitrogens is 2. The van der Waals surface area contributed by atoms with E-state index in [0.717, 1.165) is 6.42 Å². The third kappa shape index (κ3) is 4.16. The lowest BCUT2D eigenvalue weighted by Gasteiger charge is -2.33. The zero-order valence-corrected chi connectivity index (χ0v) is 15.5. The Morgan fingerprint density at radius 1 is 1.25 bits per heavy atom. The standard InChI is InChI=1S/C18H30N2O4/c1-17(2,3)8-13-12(18(4,5)6)7-14(24-13)20-9-11(10-21)15(22)19-16(20)23/h9,12-14,21H,7-8,10H2,1-6H3,(H,19,22,23)/t12-,13-,14-/m1/s1. The summed E-state index contributed by atoms with van der Waals surface area (Å²) in [5.41, 5.74) is -0.697. The van der Waals surface area contributed by atoms with E-state index >= 15 is 0 Å². The second kappa shape index (κ2) is 6.48. The predicted molar refractivity (Wildman–Crippen MR) is 92.8 cm³/mol. The van der Waals surface area contributed by atoms with Gasteiger partial charge in [0.15, 0.2) is 0 Å². The number of aromatic amines is 1. The summed E-state index contributed by atoms with van der Waals surface area (Å²) in [6.45, 7) is 12.7. The summed E-state index contributed by atoms with van der Waals surface area (Å²) in [5, 5.41) is 9.29. The SMILES string of the molecule is CC(C)(C)C[C@H]1O[C@@H](n2cc(CO)c(=O)[nH]c2=O)C[C@H]1C(C)(C)C. The van der Waals surface area contributed by atoms with Gasteiger partial charge in [-0.1, -0.05) is 41.5 Å². The zero-order valence-electron chi connectivity index (χ0n) is 15.5. The normalized spacial score (nSPS) is 25.2. The third-order valence-corrected chi connectivity index (χ3v) is 4.68. The molecule has 1 aliphatic rings. The molecule has 1 fully saturated rings. The van der Waals surface area contributed by atoms with E-state index in [-0.39, 0.29) is 22.5 Å². The van der Waals surface area contributed by atoms with Crippen molar-refractivity contribution in [3.8, 4) is 0 Å². The van der Waals surface area contributed by atoms with E-state index < -0.39 is 24.1 Å². The molecule has 0 aliphatic carbocycles. The predicted octanol–water partition coefficient (Wildman–Crippen LogP) is 2.41. The van der Waals surface area contributed by atoms with Gasteiger partial charge in [-0.15, -0.1) is 0 Å². The molecule has 0 aromatic carbocycles. The van der Waals surface area contributed by atoms with E-state index in [1.165, 1.54) is 10.8 Å². The van der Waals surface area contributed by atoms with E-state index in [1.807, 2.05) is 0 Å². The second-order valence-corrected chi connectivity index (χ2v) is 9.08. The molecule has 0 spiro atoms. The molecule has 0 amide bonds. The maximum Gasteiger partial charge on any atom is 0.330 e. The molecule has 2 rings (SSSR count). The maximum atomic E-state index is 12.2. The number of hydrogen-bond acceptors (Lipinski definition) is 4. The van der Waals surface area contributed by atoms with Crippen molar-refractivity contribution >= 4 is 0 Å². The van der Waals surface area contributed by atoms with Crippen LogP contribution in [0.1, 0.15) is 66.2 Å². The number of hydrogen-bond donors (Lipinski definition) is 2. The highest BCUT2D eigenvalue weighted by Crippen LogP contribution is 2.46. The van der Waals surface area contributed by atoms with Crippen molar-refractivity contribution < 1.29 is 9.84 Å². The van der Waals surface area contributed by atoms with Gasteiger partial charge in [0.25, 0.3) is 5.56 Å². The van der Waals surface area contributed by atoms with Crippen LogP contribution in [0.4, 0.5) is 0 Å². The molecule has 136 valence electrons. The van der Waals surface area contributed by atoms with Crippen molar-refractivity contribution in [3.63, 3.8) is 0 Å². The van der Waals surface area contributed by atoms with Crippen molar-refractivity contribution in [2.75, 3.05) is 0 Å². The lowest BCUT2D eigenvalue weighted by Crippen LogP contribution is -2.34. The molecule has 0 bridgehead atoms. The van der Waals surface area contributed by atoms with E-state index in [9.17, 15) is 14.7 Å². The van der Waals surface area contributed by atoms with Crippen LogP contribution in [0.5, 0.6) is 0 Å². The first-order valence-electron chi connectivity index (χ1n) is 8.53. The van der Waals surface area contributed by atoms with Crippen LogP contribution in [-0.4, -0.2) is 20.8 Å². The van der Waals surface area contributed by atoms with Crippen LogP contribution < -0.4 is 11.2 Å². The Labute approximate surface area is 142 Å². The Bertz CT molecular complexity index is 691. The Hall–Kier alpha value is -1.40. The van der Waals surface area contributed by atoms with Crippen LogP contribution in [0.2, 0.25) is 0 Å². The highest BCUT2D eigenvalue weighted by atomic mass is 16.5. The van der Waals surface area contributed by atoms with Crippen molar-refractivity contribution in [1.29, 1.82) is 0 Å². The lowest BCUT2D eigenvalue weighted by atomic mass is 9.73. The third-order valence-electron chi connectivity index (χ3n) is 4.68. The fourth-order valence-electron chi connectivity index (χ4n) is 3.46. The number of rotatable bonds is 3. The average molecular weight is 338 g/mol. The highest BCUT2D eigenvalue weighted by molar-refractivity contribution is 5.04. The summed E-state index contributed by atoms with van der Waals surface area (Å²) in [6, 6.07) is 0. The zero-order chi connectivity index (χ0) is 18.3.